The van der Waals surface area contributed by atoms with Crippen LogP contribution in [0.4, 0.5) is 4.79 Å². The number of amides is 1. The van der Waals surface area contributed by atoms with E-state index in [1.807, 2.05) is 20.8 Å². The van der Waals surface area contributed by atoms with Gasteiger partial charge >= 0.3 is 12.3 Å². The molecule has 7 heteroatoms. The molecule has 19 heavy (non-hydrogen) atoms. The Kier molecular flexibility index (Phi) is 4.44. The van der Waals surface area contributed by atoms with Crippen LogP contribution in [0.5, 0.6) is 0 Å². The highest BCUT2D eigenvalue weighted by Crippen LogP contribution is 2.35. The summed E-state index contributed by atoms with van der Waals surface area (Å²) in [6.07, 6.45) is 0.401. The van der Waals surface area contributed by atoms with Crippen LogP contribution in [0, 0.1) is 0 Å². The molecular weight excluding hydrogens is 250 g/mol. The third-order valence-corrected chi connectivity index (χ3v) is 3.03. The lowest BCUT2D eigenvalue weighted by Crippen LogP contribution is -2.61. The maximum absolute atomic E-state index is 12.1. The minimum absolute atomic E-state index is 0.324. The van der Waals surface area contributed by atoms with Gasteiger partial charge in [-0.15, -0.1) is 0 Å². The van der Waals surface area contributed by atoms with Crippen LogP contribution in [0.15, 0.2) is 0 Å². The lowest BCUT2D eigenvalue weighted by Gasteiger charge is -2.35. The van der Waals surface area contributed by atoms with E-state index in [-0.39, 0.29) is 0 Å². The quantitative estimate of drug-likeness (QED) is 0.454. The average Bonchev–Trinajstić information content (AvgIpc) is 2.59. The van der Waals surface area contributed by atoms with Crippen LogP contribution in [0.2, 0.25) is 0 Å². The van der Waals surface area contributed by atoms with Crippen molar-refractivity contribution in [3.63, 3.8) is 0 Å². The number of rotatable bonds is 4. The number of hydrogen-bond acceptors (Lipinski definition) is 3. The van der Waals surface area contributed by atoms with Gasteiger partial charge in [0.15, 0.2) is 0 Å². The minimum atomic E-state index is -1.37. The highest BCUT2D eigenvalue weighted by atomic mass is 16.5. The van der Waals surface area contributed by atoms with Crippen molar-refractivity contribution in [3.8, 4) is 0 Å². The smallest absolute Gasteiger partial charge is 0.405 e. The number of ketones is 1. The highest BCUT2D eigenvalue weighted by molar-refractivity contribution is 6.30. The summed E-state index contributed by atoms with van der Waals surface area (Å²) in [4.78, 5) is 25.7. The van der Waals surface area contributed by atoms with Gasteiger partial charge in [0.05, 0.1) is 11.7 Å². The molecule has 1 aliphatic carbocycles. The first-order chi connectivity index (χ1) is 8.71. The summed E-state index contributed by atoms with van der Waals surface area (Å²) < 4.78 is 5.79. The molecule has 2 unspecified atom stereocenters. The van der Waals surface area contributed by atoms with E-state index in [1.165, 1.54) is 0 Å². The first kappa shape index (κ1) is 15.3. The Morgan fingerprint density at radius 3 is 2.63 bits per heavy atom. The number of hydrogen-bond donors (Lipinski definition) is 2. The molecule has 1 rings (SSSR count). The first-order valence-electron chi connectivity index (χ1n) is 6.12. The zero-order valence-electron chi connectivity index (χ0n) is 11.3. The van der Waals surface area contributed by atoms with E-state index in [0.717, 1.165) is 6.21 Å². The third-order valence-electron chi connectivity index (χ3n) is 3.03. The fourth-order valence-electron chi connectivity index (χ4n) is 2.40. The Hall–Kier alpha value is -1.72. The molecule has 0 saturated heterocycles. The molecule has 1 saturated carbocycles. The maximum atomic E-state index is 12.1. The Balaban J connectivity index is 3.10. The van der Waals surface area contributed by atoms with E-state index in [2.05, 4.69) is 10.1 Å². The third kappa shape index (κ3) is 3.62. The zero-order valence-corrected chi connectivity index (χ0v) is 11.3. The second-order valence-corrected chi connectivity index (χ2v) is 5.62. The predicted octanol–water partition coefficient (Wildman–Crippen LogP) is 1.23. The molecule has 0 aromatic heterocycles. The molecule has 106 valence electrons. The number of nitrogens with zero attached hydrogens (tertiary/aromatic N) is 2. The lowest BCUT2D eigenvalue weighted by atomic mass is 9.89. The van der Waals surface area contributed by atoms with Crippen molar-refractivity contribution in [2.24, 2.45) is 0 Å². The molecule has 0 aromatic rings. The molecule has 0 radical (unpaired) electrons. The zero-order chi connectivity index (χ0) is 14.7. The van der Waals surface area contributed by atoms with Crippen LogP contribution < -0.4 is 5.32 Å². The van der Waals surface area contributed by atoms with Crippen molar-refractivity contribution >= 4 is 18.1 Å². The Morgan fingerprint density at radius 1 is 1.53 bits per heavy atom. The van der Waals surface area contributed by atoms with Crippen molar-refractivity contribution < 1.29 is 24.2 Å². The summed E-state index contributed by atoms with van der Waals surface area (Å²) in [7, 11) is 0. The van der Waals surface area contributed by atoms with Gasteiger partial charge < -0.3 is 20.7 Å². The van der Waals surface area contributed by atoms with Gasteiger partial charge in [-0.3, -0.25) is 4.79 Å². The Labute approximate surface area is 111 Å². The van der Waals surface area contributed by atoms with E-state index < -0.39 is 29.1 Å². The van der Waals surface area contributed by atoms with Crippen molar-refractivity contribution in [2.45, 2.75) is 57.3 Å². The fourth-order valence-corrected chi connectivity index (χ4v) is 2.40. The molecule has 0 aromatic carbocycles. The van der Waals surface area contributed by atoms with E-state index in [4.69, 9.17) is 15.4 Å². The second-order valence-electron chi connectivity index (χ2n) is 5.62. The van der Waals surface area contributed by atoms with Gasteiger partial charge in [0.1, 0.15) is 5.54 Å². The van der Waals surface area contributed by atoms with Crippen molar-refractivity contribution in [1.82, 2.24) is 5.32 Å². The van der Waals surface area contributed by atoms with Gasteiger partial charge in [0.2, 0.25) is 0 Å². The second kappa shape index (κ2) is 5.50. The molecule has 2 N–H and O–H groups in total. The summed E-state index contributed by atoms with van der Waals surface area (Å²) in [6.45, 7) is 5.50. The predicted molar refractivity (Wildman–Crippen MR) is 67.1 cm³/mol. The Bertz CT molecular complexity index is 423. The van der Waals surface area contributed by atoms with Gasteiger partial charge in [0.25, 0.3) is 5.78 Å². The molecule has 7 nitrogen and oxygen atoms in total. The molecule has 0 spiro atoms. The van der Waals surface area contributed by atoms with Crippen LogP contribution in [0.25, 0.3) is 5.53 Å². The van der Waals surface area contributed by atoms with Crippen LogP contribution in [0.3, 0.4) is 0 Å². The molecular formula is C12H19N3O4. The SMILES string of the molecule is CC(C)(C)OC1CCCC1(NC(=O)O)C(=O)C=[N+]=[N-]. The minimum Gasteiger partial charge on any atom is -0.465 e. The molecule has 1 fully saturated rings. The van der Waals surface area contributed by atoms with Gasteiger partial charge in [-0.05, 0) is 40.0 Å². The maximum Gasteiger partial charge on any atom is 0.405 e. The van der Waals surface area contributed by atoms with E-state index in [0.29, 0.717) is 19.3 Å². The summed E-state index contributed by atoms with van der Waals surface area (Å²) in [6, 6.07) is 0. The topological polar surface area (TPSA) is 112 Å². The summed E-state index contributed by atoms with van der Waals surface area (Å²) in [5.41, 5.74) is 6.62. The van der Waals surface area contributed by atoms with E-state index >= 15 is 0 Å². The van der Waals surface area contributed by atoms with E-state index in [9.17, 15) is 9.59 Å². The monoisotopic (exact) mass is 269 g/mol. The number of carbonyl (C=O) groups is 2. The first-order valence-corrected chi connectivity index (χ1v) is 6.12. The average molecular weight is 269 g/mol. The van der Waals surface area contributed by atoms with Gasteiger partial charge in [-0.2, -0.15) is 4.79 Å². The Morgan fingerprint density at radius 2 is 2.16 bits per heavy atom. The van der Waals surface area contributed by atoms with Crippen LogP contribution in [-0.4, -0.2) is 45.2 Å². The normalized spacial score (nSPS) is 26.6. The van der Waals surface area contributed by atoms with Crippen molar-refractivity contribution in [1.29, 1.82) is 0 Å². The molecule has 2 atom stereocenters. The number of ether oxygens (including phenoxy) is 1. The van der Waals surface area contributed by atoms with Gasteiger partial charge in [0, 0.05) is 0 Å². The largest absolute Gasteiger partial charge is 0.465 e. The van der Waals surface area contributed by atoms with Crippen molar-refractivity contribution in [3.05, 3.63) is 5.53 Å². The highest BCUT2D eigenvalue weighted by Gasteiger charge is 2.52. The van der Waals surface area contributed by atoms with Gasteiger partial charge in [-0.1, -0.05) is 0 Å². The van der Waals surface area contributed by atoms with Gasteiger partial charge in [-0.25, -0.2) is 4.79 Å². The molecule has 0 heterocycles. The molecule has 0 aliphatic heterocycles. The fraction of sp³-hybridized carbons (Fsp3) is 0.750. The van der Waals surface area contributed by atoms with Crippen LogP contribution >= 0.6 is 0 Å². The lowest BCUT2D eigenvalue weighted by molar-refractivity contribution is -0.134. The number of nitrogens with one attached hydrogen (secondary N) is 1. The summed E-state index contributed by atoms with van der Waals surface area (Å²) in [5, 5.41) is 11.2. The standard InChI is InChI=1S/C12H19N3O4/c1-11(2,3)19-9-5-4-6-12(9,15-10(17)18)8(16)7-14-13/h7,9,15H,4-6H2,1-3H3,(H,17,18). The molecule has 0 bridgehead atoms. The van der Waals surface area contributed by atoms with Crippen molar-refractivity contribution in [2.75, 3.05) is 0 Å². The molecule has 1 amide bonds. The number of carboxylic acid groups (broad SMARTS) is 1. The van der Waals surface area contributed by atoms with E-state index in [1.54, 1.807) is 0 Å². The van der Waals surface area contributed by atoms with Crippen LogP contribution in [0.1, 0.15) is 40.0 Å². The number of carbonyl (C=O) groups excluding carboxylic acids is 1. The molecule has 1 aliphatic rings. The number of Topliss-reactive ketones (excluding diaryl/α,β-unsaturated/α-hetero) is 1. The van der Waals surface area contributed by atoms with Crippen LogP contribution in [-0.2, 0) is 9.53 Å². The summed E-state index contributed by atoms with van der Waals surface area (Å²) >= 11 is 0. The summed E-state index contributed by atoms with van der Waals surface area (Å²) in [5.74, 6) is -0.593.